The number of ether oxygens (including phenoxy) is 2. The van der Waals surface area contributed by atoms with E-state index in [1.54, 1.807) is 24.3 Å². The fraction of sp³-hybridized carbons (Fsp3) is 0.263. The van der Waals surface area contributed by atoms with Gasteiger partial charge >= 0.3 is 0 Å². The lowest BCUT2D eigenvalue weighted by molar-refractivity contribution is -0.119. The number of amides is 1. The smallest absolute Gasteiger partial charge is 0.230 e. The van der Waals surface area contributed by atoms with Gasteiger partial charge in [0.2, 0.25) is 11.1 Å². The molecule has 1 aliphatic heterocycles. The number of fused-ring (bicyclic) bond motifs is 1. The second-order valence-electron chi connectivity index (χ2n) is 6.37. The standard InChI is InChI=1S/C19H19N5O4S/c1-12(13-2-7-16-17(10-13)28-9-8-27-16)20-18(26)11-29-19-21-22-23-24(19)14-3-5-15(25)6-4-14/h2-7,10,12,25H,8-9,11H2,1H3,(H,20,26)/t12-/m0/s1. The van der Waals surface area contributed by atoms with Crippen molar-refractivity contribution in [2.24, 2.45) is 0 Å². The molecule has 29 heavy (non-hydrogen) atoms. The van der Waals surface area contributed by atoms with E-state index < -0.39 is 0 Å². The van der Waals surface area contributed by atoms with Crippen LogP contribution >= 0.6 is 11.8 Å². The average molecular weight is 413 g/mol. The molecule has 1 aliphatic rings. The predicted molar refractivity (Wildman–Crippen MR) is 106 cm³/mol. The molecule has 1 aromatic heterocycles. The average Bonchev–Trinajstić information content (AvgIpc) is 3.21. The van der Waals surface area contributed by atoms with Crippen LogP contribution in [-0.2, 0) is 4.79 Å². The summed E-state index contributed by atoms with van der Waals surface area (Å²) in [4.78, 5) is 12.4. The maximum absolute atomic E-state index is 12.4. The molecule has 2 N–H and O–H groups in total. The van der Waals surface area contributed by atoms with Gasteiger partial charge in [0.1, 0.15) is 19.0 Å². The van der Waals surface area contributed by atoms with E-state index in [0.717, 1.165) is 11.3 Å². The van der Waals surface area contributed by atoms with Gasteiger partial charge in [0.15, 0.2) is 11.5 Å². The number of aromatic nitrogens is 4. The third kappa shape index (κ3) is 4.43. The molecule has 0 spiro atoms. The Hall–Kier alpha value is -3.27. The zero-order valence-electron chi connectivity index (χ0n) is 15.6. The van der Waals surface area contributed by atoms with E-state index in [9.17, 15) is 9.90 Å². The highest BCUT2D eigenvalue weighted by molar-refractivity contribution is 7.99. The van der Waals surface area contributed by atoms with Crippen molar-refractivity contribution in [3.05, 3.63) is 48.0 Å². The van der Waals surface area contributed by atoms with E-state index in [1.165, 1.54) is 16.4 Å². The Morgan fingerprint density at radius 1 is 1.21 bits per heavy atom. The van der Waals surface area contributed by atoms with Crippen molar-refractivity contribution in [3.8, 4) is 22.9 Å². The summed E-state index contributed by atoms with van der Waals surface area (Å²) in [6, 6.07) is 12.0. The molecule has 0 saturated carbocycles. The van der Waals surface area contributed by atoms with Gasteiger partial charge in [-0.1, -0.05) is 17.8 Å². The number of hydrogen-bond acceptors (Lipinski definition) is 8. The first-order chi connectivity index (χ1) is 14.1. The molecular formula is C19H19N5O4S. The van der Waals surface area contributed by atoms with Gasteiger partial charge in [-0.2, -0.15) is 4.68 Å². The highest BCUT2D eigenvalue weighted by atomic mass is 32.2. The lowest BCUT2D eigenvalue weighted by Gasteiger charge is -2.21. The van der Waals surface area contributed by atoms with Crippen molar-refractivity contribution < 1.29 is 19.4 Å². The summed E-state index contributed by atoms with van der Waals surface area (Å²) in [6.07, 6.45) is 0. The molecule has 1 amide bonds. The quantitative estimate of drug-likeness (QED) is 0.591. The van der Waals surface area contributed by atoms with E-state index >= 15 is 0 Å². The summed E-state index contributed by atoms with van der Waals surface area (Å²) in [6.45, 7) is 2.97. The Bertz CT molecular complexity index is 1010. The van der Waals surface area contributed by atoms with Crippen molar-refractivity contribution in [3.63, 3.8) is 0 Å². The fourth-order valence-corrected chi connectivity index (χ4v) is 3.55. The number of nitrogens with one attached hydrogen (secondary N) is 1. The van der Waals surface area contributed by atoms with Crippen LogP contribution in [0.15, 0.2) is 47.6 Å². The van der Waals surface area contributed by atoms with Crippen molar-refractivity contribution in [2.75, 3.05) is 19.0 Å². The maximum atomic E-state index is 12.4. The minimum atomic E-state index is -0.188. The SMILES string of the molecule is C[C@H](NC(=O)CSc1nnnn1-c1ccc(O)cc1)c1ccc2c(c1)OCCO2. The van der Waals surface area contributed by atoms with Gasteiger partial charge in [-0.3, -0.25) is 4.79 Å². The molecule has 2 aromatic carbocycles. The van der Waals surface area contributed by atoms with Crippen LogP contribution in [0, 0.1) is 0 Å². The van der Waals surface area contributed by atoms with Gasteiger partial charge < -0.3 is 19.9 Å². The Labute approximate surface area is 171 Å². The molecule has 0 saturated heterocycles. The molecule has 0 bridgehead atoms. The second-order valence-corrected chi connectivity index (χ2v) is 7.31. The first-order valence-corrected chi connectivity index (χ1v) is 9.98. The summed E-state index contributed by atoms with van der Waals surface area (Å²) in [5, 5.41) is 24.4. The number of benzene rings is 2. The molecule has 150 valence electrons. The van der Waals surface area contributed by atoms with E-state index in [0.29, 0.717) is 29.8 Å². The number of thioether (sulfide) groups is 1. The highest BCUT2D eigenvalue weighted by Crippen LogP contribution is 2.32. The van der Waals surface area contributed by atoms with E-state index in [1.807, 2.05) is 25.1 Å². The fourth-order valence-electron chi connectivity index (χ4n) is 2.85. The normalized spacial score (nSPS) is 13.7. The van der Waals surface area contributed by atoms with Crippen LogP contribution in [0.5, 0.6) is 17.2 Å². The van der Waals surface area contributed by atoms with Gasteiger partial charge in [0.25, 0.3) is 0 Å². The van der Waals surface area contributed by atoms with E-state index in [-0.39, 0.29) is 23.5 Å². The monoisotopic (exact) mass is 413 g/mol. The van der Waals surface area contributed by atoms with Crippen LogP contribution in [0.3, 0.4) is 0 Å². The molecule has 2 heterocycles. The zero-order chi connectivity index (χ0) is 20.2. The Morgan fingerprint density at radius 3 is 2.76 bits per heavy atom. The first-order valence-electron chi connectivity index (χ1n) is 8.99. The summed E-state index contributed by atoms with van der Waals surface area (Å²) in [5.74, 6) is 1.58. The third-order valence-electron chi connectivity index (χ3n) is 4.31. The van der Waals surface area contributed by atoms with Gasteiger partial charge in [0, 0.05) is 0 Å². The van der Waals surface area contributed by atoms with Crippen molar-refractivity contribution >= 4 is 17.7 Å². The van der Waals surface area contributed by atoms with Gasteiger partial charge in [-0.05, 0) is 59.3 Å². The number of carbonyl (C=O) groups excluding carboxylic acids is 1. The third-order valence-corrected chi connectivity index (χ3v) is 5.23. The number of rotatable bonds is 6. The first kappa shape index (κ1) is 19.1. The van der Waals surface area contributed by atoms with Crippen LogP contribution in [0.2, 0.25) is 0 Å². The molecule has 4 rings (SSSR count). The minimum absolute atomic E-state index is 0.141. The lowest BCUT2D eigenvalue weighted by atomic mass is 10.1. The molecule has 0 aliphatic carbocycles. The van der Waals surface area contributed by atoms with Crippen LogP contribution in [0.1, 0.15) is 18.5 Å². The predicted octanol–water partition coefficient (Wildman–Crippen LogP) is 2.11. The molecule has 9 nitrogen and oxygen atoms in total. The minimum Gasteiger partial charge on any atom is -0.508 e. The van der Waals surface area contributed by atoms with E-state index in [4.69, 9.17) is 9.47 Å². The molecule has 10 heteroatoms. The highest BCUT2D eigenvalue weighted by Gasteiger charge is 2.17. The number of phenolic OH excluding ortho intramolecular Hbond substituents is 1. The van der Waals surface area contributed by atoms with Crippen molar-refractivity contribution in [2.45, 2.75) is 18.1 Å². The van der Waals surface area contributed by atoms with Crippen LogP contribution in [-0.4, -0.2) is 50.2 Å². The Kier molecular flexibility index (Phi) is 5.52. The van der Waals surface area contributed by atoms with E-state index in [2.05, 4.69) is 20.8 Å². The summed E-state index contributed by atoms with van der Waals surface area (Å²) in [7, 11) is 0. The number of phenols is 1. The second kappa shape index (κ2) is 8.39. The number of tetrazole rings is 1. The lowest BCUT2D eigenvalue weighted by Crippen LogP contribution is -2.28. The zero-order valence-corrected chi connectivity index (χ0v) is 16.4. The number of aromatic hydroxyl groups is 1. The number of carbonyl (C=O) groups is 1. The number of nitrogens with zero attached hydrogens (tertiary/aromatic N) is 4. The van der Waals surface area contributed by atoms with Crippen molar-refractivity contribution in [1.82, 2.24) is 25.5 Å². The summed E-state index contributed by atoms with van der Waals surface area (Å²) in [5.41, 5.74) is 1.63. The molecule has 0 radical (unpaired) electrons. The molecule has 0 unspecified atom stereocenters. The molecular weight excluding hydrogens is 394 g/mol. The number of hydrogen-bond donors (Lipinski definition) is 2. The molecule has 1 atom stereocenters. The van der Waals surface area contributed by atoms with Crippen LogP contribution in [0.25, 0.3) is 5.69 Å². The summed E-state index contributed by atoms with van der Waals surface area (Å²) < 4.78 is 12.6. The van der Waals surface area contributed by atoms with Gasteiger partial charge in [0.05, 0.1) is 17.5 Å². The van der Waals surface area contributed by atoms with Crippen LogP contribution < -0.4 is 14.8 Å². The Morgan fingerprint density at radius 2 is 1.97 bits per heavy atom. The Balaban J connectivity index is 1.36. The van der Waals surface area contributed by atoms with Crippen LogP contribution in [0.4, 0.5) is 0 Å². The molecule has 3 aromatic rings. The molecule has 0 fully saturated rings. The topological polar surface area (TPSA) is 111 Å². The van der Waals surface area contributed by atoms with Crippen molar-refractivity contribution in [1.29, 1.82) is 0 Å². The van der Waals surface area contributed by atoms with Gasteiger partial charge in [-0.25, -0.2) is 0 Å². The van der Waals surface area contributed by atoms with Gasteiger partial charge in [-0.15, -0.1) is 5.10 Å². The summed E-state index contributed by atoms with van der Waals surface area (Å²) >= 11 is 1.23. The largest absolute Gasteiger partial charge is 0.508 e. The maximum Gasteiger partial charge on any atom is 0.230 e.